The minimum atomic E-state index is -5.02. The molecule has 4 heterocycles. The third-order valence-corrected chi connectivity index (χ3v) is 7.94. The Morgan fingerprint density at radius 3 is 2.42 bits per heavy atom. The number of β-amino-alcohol motifs (C(OH)–C–C–N with tert-alkyl or cyclic N) is 1. The summed E-state index contributed by atoms with van der Waals surface area (Å²) in [5.74, 6) is 0.887. The average Bonchev–Trinajstić information content (AvgIpc) is 3.36. The molecular formula is C32H35F3N4O6. The quantitative estimate of drug-likeness (QED) is 0.214. The van der Waals surface area contributed by atoms with E-state index in [0.717, 1.165) is 11.6 Å². The Bertz CT molecular complexity index is 1630. The number of aliphatic hydroxyl groups excluding tert-OH is 1. The fourth-order valence-corrected chi connectivity index (χ4v) is 5.68. The van der Waals surface area contributed by atoms with E-state index in [-0.39, 0.29) is 54.5 Å². The average molecular weight is 629 g/mol. The summed E-state index contributed by atoms with van der Waals surface area (Å²) >= 11 is 0. The zero-order chi connectivity index (χ0) is 32.4. The van der Waals surface area contributed by atoms with Gasteiger partial charge in [-0.05, 0) is 37.6 Å². The second kappa shape index (κ2) is 12.7. The van der Waals surface area contributed by atoms with Gasteiger partial charge < -0.3 is 24.3 Å². The van der Waals surface area contributed by atoms with E-state index >= 15 is 0 Å². The van der Waals surface area contributed by atoms with Gasteiger partial charge in [-0.1, -0.05) is 30.3 Å². The second-order valence-electron chi connectivity index (χ2n) is 11.7. The zero-order valence-corrected chi connectivity index (χ0v) is 24.9. The van der Waals surface area contributed by atoms with Crippen molar-refractivity contribution in [3.63, 3.8) is 0 Å². The van der Waals surface area contributed by atoms with E-state index in [0.29, 0.717) is 24.5 Å². The van der Waals surface area contributed by atoms with Gasteiger partial charge in [0.15, 0.2) is 5.75 Å². The first kappa shape index (κ1) is 32.2. The largest absolute Gasteiger partial charge is 0.478 e. The van der Waals surface area contributed by atoms with Crippen LogP contribution in [-0.4, -0.2) is 73.7 Å². The van der Waals surface area contributed by atoms with Crippen LogP contribution in [0, 0.1) is 10.1 Å². The second-order valence-corrected chi connectivity index (χ2v) is 11.7. The number of aliphatic hydroxyl groups is 2. The van der Waals surface area contributed by atoms with Crippen molar-refractivity contribution < 1.29 is 37.8 Å². The SMILES string of the molecule is CC(C)O.O=[N+]([O-])c1ccc2c(C(O)(CN3CCC4(CC3)COc3ncccc3O4)C(F)(F)F)cn(Cc3ccccc3)c2c1. The topological polar surface area (TPSA) is 123 Å². The summed E-state index contributed by atoms with van der Waals surface area (Å²) in [6, 6.07) is 16.2. The van der Waals surface area contributed by atoms with E-state index in [1.54, 1.807) is 49.2 Å². The van der Waals surface area contributed by atoms with Crippen molar-refractivity contribution in [1.29, 1.82) is 0 Å². The van der Waals surface area contributed by atoms with Crippen molar-refractivity contribution in [2.75, 3.05) is 26.2 Å². The fraction of sp³-hybridized carbons (Fsp3) is 0.406. The Hall–Kier alpha value is -4.20. The van der Waals surface area contributed by atoms with E-state index in [1.165, 1.54) is 22.9 Å². The van der Waals surface area contributed by atoms with Gasteiger partial charge in [0.05, 0.1) is 10.4 Å². The number of piperidine rings is 1. The normalized spacial score (nSPS) is 17.5. The van der Waals surface area contributed by atoms with Crippen LogP contribution in [0.5, 0.6) is 11.6 Å². The molecule has 10 nitrogen and oxygen atoms in total. The van der Waals surface area contributed by atoms with Crippen LogP contribution >= 0.6 is 0 Å². The lowest BCUT2D eigenvalue weighted by Crippen LogP contribution is -2.57. The molecule has 2 aromatic carbocycles. The highest BCUT2D eigenvalue weighted by Gasteiger charge is 2.57. The molecule has 13 heteroatoms. The standard InChI is InChI=1S/C29H27F3N4O5.C3H8O/c30-29(31,32)28(37,18-34-13-10-27(11-14-34)19-40-26-25(41-27)7-4-12-33-26)23-17-35(16-20-5-2-1-3-6-20)24-15-21(36(38)39)8-9-22(23)24;1-3(2)4/h1-9,12,15,17,37H,10-11,13-14,16,18-19H2;3-4H,1-2H3. The Morgan fingerprint density at radius 1 is 1.09 bits per heavy atom. The number of pyridine rings is 1. The number of likely N-dealkylation sites (tertiary alicyclic amines) is 1. The number of ether oxygens (including phenoxy) is 2. The molecule has 0 bridgehead atoms. The summed E-state index contributed by atoms with van der Waals surface area (Å²) < 4.78 is 57.8. The number of nitrogens with zero attached hydrogens (tertiary/aromatic N) is 4. The first-order chi connectivity index (χ1) is 21.3. The third-order valence-electron chi connectivity index (χ3n) is 7.94. The van der Waals surface area contributed by atoms with Crippen LogP contribution in [-0.2, 0) is 12.1 Å². The molecule has 0 amide bonds. The van der Waals surface area contributed by atoms with Gasteiger partial charge in [-0.25, -0.2) is 4.98 Å². The number of hydrogen-bond donors (Lipinski definition) is 2. The first-order valence-electron chi connectivity index (χ1n) is 14.6. The molecule has 1 unspecified atom stereocenters. The molecule has 2 aliphatic heterocycles. The predicted octanol–water partition coefficient (Wildman–Crippen LogP) is 5.44. The van der Waals surface area contributed by atoms with E-state index in [1.807, 2.05) is 18.2 Å². The number of nitro benzene ring substituents is 1. The smallest absolute Gasteiger partial charge is 0.422 e. The lowest BCUT2D eigenvalue weighted by molar-refractivity contribution is -0.384. The summed E-state index contributed by atoms with van der Waals surface area (Å²) in [5, 5.41) is 31.1. The molecule has 240 valence electrons. The molecule has 1 saturated heterocycles. The van der Waals surface area contributed by atoms with Gasteiger partial charge in [0, 0.05) is 80.6 Å². The molecule has 2 N–H and O–H groups in total. The Labute approximate surface area is 257 Å². The maximum Gasteiger partial charge on any atom is 0.422 e. The molecule has 1 fully saturated rings. The van der Waals surface area contributed by atoms with Gasteiger partial charge in [-0.3, -0.25) is 15.0 Å². The number of benzene rings is 2. The Kier molecular flexibility index (Phi) is 9.06. The molecule has 1 atom stereocenters. The predicted molar refractivity (Wildman–Crippen MR) is 160 cm³/mol. The number of halogens is 3. The summed E-state index contributed by atoms with van der Waals surface area (Å²) in [5.41, 5.74) is -3.48. The van der Waals surface area contributed by atoms with E-state index < -0.39 is 28.8 Å². The summed E-state index contributed by atoms with van der Waals surface area (Å²) in [4.78, 5) is 16.6. The van der Waals surface area contributed by atoms with Gasteiger partial charge in [-0.15, -0.1) is 0 Å². The number of non-ortho nitro benzene ring substituents is 1. The number of rotatable bonds is 6. The highest BCUT2D eigenvalue weighted by Crippen LogP contribution is 2.45. The highest BCUT2D eigenvalue weighted by molar-refractivity contribution is 5.87. The number of hydrogen-bond acceptors (Lipinski definition) is 8. The number of alkyl halides is 3. The van der Waals surface area contributed by atoms with Gasteiger partial charge in [0.2, 0.25) is 5.60 Å². The van der Waals surface area contributed by atoms with Crippen LogP contribution in [0.3, 0.4) is 0 Å². The lowest BCUT2D eigenvalue weighted by atomic mass is 9.88. The molecule has 0 saturated carbocycles. The highest BCUT2D eigenvalue weighted by atomic mass is 19.4. The van der Waals surface area contributed by atoms with E-state index in [9.17, 15) is 28.4 Å². The van der Waals surface area contributed by atoms with Crippen LogP contribution in [0.15, 0.2) is 73.1 Å². The van der Waals surface area contributed by atoms with Gasteiger partial charge in [0.25, 0.3) is 11.6 Å². The van der Waals surface area contributed by atoms with E-state index in [2.05, 4.69) is 4.98 Å². The van der Waals surface area contributed by atoms with Gasteiger partial charge >= 0.3 is 6.18 Å². The van der Waals surface area contributed by atoms with Crippen molar-refractivity contribution in [3.05, 3.63) is 94.3 Å². The van der Waals surface area contributed by atoms with Crippen LogP contribution in [0.1, 0.15) is 37.8 Å². The Morgan fingerprint density at radius 2 is 1.78 bits per heavy atom. The molecule has 6 rings (SSSR count). The van der Waals surface area contributed by atoms with E-state index in [4.69, 9.17) is 14.6 Å². The van der Waals surface area contributed by atoms with Crippen molar-refractivity contribution in [1.82, 2.24) is 14.5 Å². The minimum Gasteiger partial charge on any atom is -0.478 e. The molecular weight excluding hydrogens is 593 g/mol. The number of aromatic nitrogens is 2. The maximum absolute atomic E-state index is 14.8. The number of nitro groups is 1. The fourth-order valence-electron chi connectivity index (χ4n) is 5.68. The van der Waals surface area contributed by atoms with Crippen molar-refractivity contribution in [3.8, 4) is 11.6 Å². The molecule has 4 aromatic rings. The Balaban J connectivity index is 0.000000945. The van der Waals surface area contributed by atoms with Crippen LogP contribution in [0.4, 0.5) is 18.9 Å². The van der Waals surface area contributed by atoms with Crippen molar-refractivity contribution in [2.45, 2.75) is 56.7 Å². The molecule has 2 aromatic heterocycles. The lowest BCUT2D eigenvalue weighted by Gasteiger charge is -2.45. The molecule has 0 radical (unpaired) electrons. The third kappa shape index (κ3) is 6.90. The zero-order valence-electron chi connectivity index (χ0n) is 24.9. The van der Waals surface area contributed by atoms with Gasteiger partial charge in [0.1, 0.15) is 12.2 Å². The maximum atomic E-state index is 14.8. The monoisotopic (exact) mass is 628 g/mol. The van der Waals surface area contributed by atoms with Crippen LogP contribution < -0.4 is 9.47 Å². The summed E-state index contributed by atoms with van der Waals surface area (Å²) in [6.45, 7) is 3.64. The molecule has 2 aliphatic rings. The van der Waals surface area contributed by atoms with Crippen molar-refractivity contribution >= 4 is 16.6 Å². The van der Waals surface area contributed by atoms with Crippen molar-refractivity contribution in [2.24, 2.45) is 0 Å². The molecule has 0 aliphatic carbocycles. The molecule has 45 heavy (non-hydrogen) atoms. The first-order valence-corrected chi connectivity index (χ1v) is 14.6. The van der Waals surface area contributed by atoms with Gasteiger partial charge in [-0.2, -0.15) is 13.2 Å². The summed E-state index contributed by atoms with van der Waals surface area (Å²) in [7, 11) is 0. The molecule has 1 spiro atoms. The number of fused-ring (bicyclic) bond motifs is 2. The summed E-state index contributed by atoms with van der Waals surface area (Å²) in [6.07, 6.45) is -1.53. The van der Waals surface area contributed by atoms with Crippen LogP contribution in [0.2, 0.25) is 0 Å². The van der Waals surface area contributed by atoms with Crippen LogP contribution in [0.25, 0.3) is 10.9 Å². The minimum absolute atomic E-state index is 0.105.